The lowest BCUT2D eigenvalue weighted by molar-refractivity contribution is -0.132. The Labute approximate surface area is 117 Å². The van der Waals surface area contributed by atoms with Gasteiger partial charge in [-0.05, 0) is 51.7 Å². The molecule has 0 aromatic rings. The van der Waals surface area contributed by atoms with Gasteiger partial charge in [-0.1, -0.05) is 13.8 Å². The molecule has 0 aromatic heterocycles. The van der Waals surface area contributed by atoms with Crippen LogP contribution in [0, 0.1) is 5.41 Å². The molecular formula is C15H29N3O. The number of carbonyl (C=O) groups excluding carboxylic acids is 1. The molecule has 2 rings (SSSR count). The molecule has 0 saturated carbocycles. The molecule has 0 bridgehead atoms. The van der Waals surface area contributed by atoms with E-state index in [9.17, 15) is 4.79 Å². The molecule has 2 fully saturated rings. The van der Waals surface area contributed by atoms with Crippen LogP contribution < -0.4 is 10.6 Å². The summed E-state index contributed by atoms with van der Waals surface area (Å²) < 4.78 is 0. The number of rotatable bonds is 4. The molecule has 0 spiro atoms. The number of hydrogen-bond acceptors (Lipinski definition) is 3. The minimum absolute atomic E-state index is 0.147. The molecule has 1 amide bonds. The second-order valence-electron chi connectivity index (χ2n) is 6.40. The SMILES string of the molecule is CCCN1CCC(NC(=O)C2(C)CCNCC2)CC1. The van der Waals surface area contributed by atoms with E-state index in [1.54, 1.807) is 0 Å². The van der Waals surface area contributed by atoms with Crippen LogP contribution in [0.4, 0.5) is 0 Å². The molecule has 0 aromatic carbocycles. The Balaban J connectivity index is 1.77. The highest BCUT2D eigenvalue weighted by molar-refractivity contribution is 5.82. The van der Waals surface area contributed by atoms with Crippen molar-refractivity contribution in [2.45, 2.75) is 52.0 Å². The zero-order chi connectivity index (χ0) is 13.7. The number of piperidine rings is 2. The quantitative estimate of drug-likeness (QED) is 0.808. The van der Waals surface area contributed by atoms with E-state index in [0.29, 0.717) is 6.04 Å². The summed E-state index contributed by atoms with van der Waals surface area (Å²) in [5.74, 6) is 0.281. The number of hydrogen-bond donors (Lipinski definition) is 2. The lowest BCUT2D eigenvalue weighted by atomic mass is 9.80. The van der Waals surface area contributed by atoms with E-state index in [2.05, 4.69) is 29.4 Å². The van der Waals surface area contributed by atoms with Crippen molar-refractivity contribution in [3.05, 3.63) is 0 Å². The summed E-state index contributed by atoms with van der Waals surface area (Å²) in [6.45, 7) is 9.76. The van der Waals surface area contributed by atoms with Crippen LogP contribution in [0.2, 0.25) is 0 Å². The molecule has 4 nitrogen and oxygen atoms in total. The van der Waals surface area contributed by atoms with Gasteiger partial charge in [0.05, 0.1) is 0 Å². The Bertz CT molecular complexity index is 292. The molecule has 4 heteroatoms. The molecule has 0 radical (unpaired) electrons. The van der Waals surface area contributed by atoms with Gasteiger partial charge in [0.25, 0.3) is 0 Å². The predicted molar refractivity (Wildman–Crippen MR) is 78.1 cm³/mol. The third kappa shape index (κ3) is 3.93. The standard InChI is InChI=1S/C15H29N3O/c1-3-10-18-11-4-13(5-12-18)17-14(19)15(2)6-8-16-9-7-15/h13,16H,3-12H2,1-2H3,(H,17,19). The number of carbonyl (C=O) groups is 1. The van der Waals surface area contributed by atoms with Gasteiger partial charge in [-0.3, -0.25) is 4.79 Å². The maximum absolute atomic E-state index is 12.4. The lowest BCUT2D eigenvalue weighted by Crippen LogP contribution is -2.51. The number of likely N-dealkylation sites (tertiary alicyclic amines) is 1. The normalized spacial score (nSPS) is 25.2. The van der Waals surface area contributed by atoms with Gasteiger partial charge in [0.2, 0.25) is 5.91 Å². The van der Waals surface area contributed by atoms with Crippen LogP contribution in [-0.2, 0) is 4.79 Å². The largest absolute Gasteiger partial charge is 0.353 e. The van der Waals surface area contributed by atoms with Crippen molar-refractivity contribution < 1.29 is 4.79 Å². The van der Waals surface area contributed by atoms with Crippen LogP contribution in [0.15, 0.2) is 0 Å². The first-order chi connectivity index (χ1) is 9.14. The van der Waals surface area contributed by atoms with Crippen molar-refractivity contribution in [1.82, 2.24) is 15.5 Å². The Hall–Kier alpha value is -0.610. The van der Waals surface area contributed by atoms with E-state index in [0.717, 1.165) is 51.9 Å². The van der Waals surface area contributed by atoms with Crippen LogP contribution in [0.5, 0.6) is 0 Å². The zero-order valence-electron chi connectivity index (χ0n) is 12.5. The van der Waals surface area contributed by atoms with Crippen molar-refractivity contribution in [2.75, 3.05) is 32.7 Å². The lowest BCUT2D eigenvalue weighted by Gasteiger charge is -2.37. The second kappa shape index (κ2) is 6.71. The minimum Gasteiger partial charge on any atom is -0.353 e. The summed E-state index contributed by atoms with van der Waals surface area (Å²) in [6.07, 6.45) is 5.38. The molecule has 0 aliphatic carbocycles. The minimum atomic E-state index is -0.147. The van der Waals surface area contributed by atoms with Crippen molar-refractivity contribution in [3.63, 3.8) is 0 Å². The van der Waals surface area contributed by atoms with E-state index in [1.165, 1.54) is 13.0 Å². The number of amides is 1. The number of nitrogens with zero attached hydrogens (tertiary/aromatic N) is 1. The summed E-state index contributed by atoms with van der Waals surface area (Å²) in [5, 5.41) is 6.63. The molecule has 19 heavy (non-hydrogen) atoms. The van der Waals surface area contributed by atoms with Gasteiger partial charge in [0.15, 0.2) is 0 Å². The molecule has 2 aliphatic rings. The summed E-state index contributed by atoms with van der Waals surface area (Å²) in [7, 11) is 0. The van der Waals surface area contributed by atoms with Crippen molar-refractivity contribution >= 4 is 5.91 Å². The average molecular weight is 267 g/mol. The molecule has 2 saturated heterocycles. The molecule has 0 unspecified atom stereocenters. The molecule has 2 heterocycles. The van der Waals surface area contributed by atoms with Crippen LogP contribution in [0.3, 0.4) is 0 Å². The first-order valence-corrected chi connectivity index (χ1v) is 7.88. The van der Waals surface area contributed by atoms with E-state index in [4.69, 9.17) is 0 Å². The van der Waals surface area contributed by atoms with Crippen molar-refractivity contribution in [2.24, 2.45) is 5.41 Å². The fourth-order valence-corrected chi connectivity index (χ4v) is 3.18. The fraction of sp³-hybridized carbons (Fsp3) is 0.933. The highest BCUT2D eigenvalue weighted by atomic mass is 16.2. The molecule has 2 N–H and O–H groups in total. The van der Waals surface area contributed by atoms with E-state index in [1.807, 2.05) is 0 Å². The maximum Gasteiger partial charge on any atom is 0.226 e. The third-order valence-corrected chi connectivity index (χ3v) is 4.72. The van der Waals surface area contributed by atoms with Crippen LogP contribution in [0.1, 0.15) is 46.0 Å². The van der Waals surface area contributed by atoms with E-state index in [-0.39, 0.29) is 11.3 Å². The Morgan fingerprint density at radius 1 is 1.32 bits per heavy atom. The van der Waals surface area contributed by atoms with Crippen molar-refractivity contribution in [1.29, 1.82) is 0 Å². The molecule has 110 valence electrons. The van der Waals surface area contributed by atoms with Gasteiger partial charge in [-0.25, -0.2) is 0 Å². The van der Waals surface area contributed by atoms with Gasteiger partial charge in [0.1, 0.15) is 0 Å². The highest BCUT2D eigenvalue weighted by Gasteiger charge is 2.35. The monoisotopic (exact) mass is 267 g/mol. The van der Waals surface area contributed by atoms with Gasteiger partial charge in [-0.2, -0.15) is 0 Å². The van der Waals surface area contributed by atoms with Gasteiger partial charge in [-0.15, -0.1) is 0 Å². The predicted octanol–water partition coefficient (Wildman–Crippen LogP) is 1.37. The van der Waals surface area contributed by atoms with Crippen molar-refractivity contribution in [3.8, 4) is 0 Å². The first-order valence-electron chi connectivity index (χ1n) is 7.88. The smallest absolute Gasteiger partial charge is 0.226 e. The Kier molecular flexibility index (Phi) is 5.22. The first kappa shape index (κ1) is 14.8. The van der Waals surface area contributed by atoms with Crippen LogP contribution in [0.25, 0.3) is 0 Å². The maximum atomic E-state index is 12.4. The summed E-state index contributed by atoms with van der Waals surface area (Å²) >= 11 is 0. The third-order valence-electron chi connectivity index (χ3n) is 4.72. The topological polar surface area (TPSA) is 44.4 Å². The Morgan fingerprint density at radius 3 is 2.53 bits per heavy atom. The fourth-order valence-electron chi connectivity index (χ4n) is 3.18. The molecule has 2 aliphatic heterocycles. The summed E-state index contributed by atoms with van der Waals surface area (Å²) in [6, 6.07) is 0.396. The summed E-state index contributed by atoms with van der Waals surface area (Å²) in [4.78, 5) is 15.0. The van der Waals surface area contributed by atoms with E-state index >= 15 is 0 Å². The average Bonchev–Trinajstić information content (AvgIpc) is 2.42. The van der Waals surface area contributed by atoms with Crippen LogP contribution >= 0.6 is 0 Å². The van der Waals surface area contributed by atoms with Crippen LogP contribution in [-0.4, -0.2) is 49.6 Å². The van der Waals surface area contributed by atoms with Gasteiger partial charge in [0, 0.05) is 24.5 Å². The number of nitrogens with one attached hydrogen (secondary N) is 2. The van der Waals surface area contributed by atoms with Gasteiger partial charge >= 0.3 is 0 Å². The second-order valence-corrected chi connectivity index (χ2v) is 6.40. The highest BCUT2D eigenvalue weighted by Crippen LogP contribution is 2.28. The van der Waals surface area contributed by atoms with Gasteiger partial charge < -0.3 is 15.5 Å². The zero-order valence-corrected chi connectivity index (χ0v) is 12.5. The Morgan fingerprint density at radius 2 is 1.95 bits per heavy atom. The van der Waals surface area contributed by atoms with E-state index < -0.39 is 0 Å². The summed E-state index contributed by atoms with van der Waals surface area (Å²) in [5.41, 5.74) is -0.147. The molecule has 0 atom stereocenters. The molecular weight excluding hydrogens is 238 g/mol.